The quantitative estimate of drug-likeness (QED) is 0.0685. The lowest BCUT2D eigenvalue weighted by Gasteiger charge is -2.33. The number of aliphatic hydroxyl groups is 1. The van der Waals surface area contributed by atoms with E-state index in [4.69, 9.17) is 85.6 Å². The molecule has 69 heavy (non-hydrogen) atoms. The van der Waals surface area contributed by atoms with E-state index >= 15 is 0 Å². The smallest absolute Gasteiger partial charge is 0.394 e. The maximum Gasteiger partial charge on any atom is 0.460 e. The Morgan fingerprint density at radius 2 is 0.536 bits per heavy atom. The van der Waals surface area contributed by atoms with E-state index in [9.17, 15) is 39.5 Å². The van der Waals surface area contributed by atoms with Crippen LogP contribution in [-0.4, -0.2) is 259 Å². The summed E-state index contributed by atoms with van der Waals surface area (Å²) in [5.74, 6) is -19.3. The van der Waals surface area contributed by atoms with Gasteiger partial charge in [-0.25, -0.2) is 0 Å². The number of halogens is 9. The van der Waals surface area contributed by atoms with Gasteiger partial charge in [-0.15, -0.1) is 0 Å². The van der Waals surface area contributed by atoms with Crippen LogP contribution in [0.3, 0.4) is 0 Å². The molecule has 0 aliphatic carbocycles. The standard InChI is InChI=1S/C42H77F9O18/c1-37(35-67-5-3-39(43,44)40(45,46)41(47,48)42(49,50)51)69-36-38(2)68-34-33-66-32-31-65-30-29-64-28-27-63-26-25-62-24-23-61-22-21-60-20-19-59-18-17-58-16-15-57-14-13-56-12-11-55-10-9-54-8-7-53-6-4-52/h37-38,52H,3-36H2,1-2H3. The monoisotopic (exact) mass is 1040 g/mol. The van der Waals surface area contributed by atoms with Crippen molar-refractivity contribution in [1.29, 1.82) is 0 Å². The van der Waals surface area contributed by atoms with Crippen molar-refractivity contribution in [2.24, 2.45) is 0 Å². The van der Waals surface area contributed by atoms with Gasteiger partial charge in [0.2, 0.25) is 0 Å². The highest BCUT2D eigenvalue weighted by Gasteiger charge is 2.81. The number of rotatable bonds is 55. The Balaban J connectivity index is 3.34. The average Bonchev–Trinajstić information content (AvgIpc) is 3.30. The molecule has 0 saturated heterocycles. The van der Waals surface area contributed by atoms with Crippen LogP contribution < -0.4 is 0 Å². The predicted octanol–water partition coefficient (Wildman–Crippen LogP) is 3.90. The van der Waals surface area contributed by atoms with Gasteiger partial charge in [-0.2, -0.15) is 39.5 Å². The van der Waals surface area contributed by atoms with Gasteiger partial charge >= 0.3 is 23.9 Å². The maximum absolute atomic E-state index is 13.6. The minimum absolute atomic E-state index is 0.00396. The Kier molecular flexibility index (Phi) is 44.4. The molecule has 0 bridgehead atoms. The van der Waals surface area contributed by atoms with Crippen LogP contribution in [-0.2, 0) is 80.5 Å². The maximum atomic E-state index is 13.6. The lowest BCUT2D eigenvalue weighted by atomic mass is 10.0. The molecule has 2 atom stereocenters. The van der Waals surface area contributed by atoms with Crippen LogP contribution in [0.4, 0.5) is 39.5 Å². The van der Waals surface area contributed by atoms with Crippen LogP contribution in [0.1, 0.15) is 20.3 Å². The van der Waals surface area contributed by atoms with Gasteiger partial charge in [0, 0.05) is 6.42 Å². The minimum atomic E-state index is -6.93. The van der Waals surface area contributed by atoms with Crippen molar-refractivity contribution in [2.75, 3.05) is 218 Å². The molecule has 0 aromatic carbocycles. The fourth-order valence-electron chi connectivity index (χ4n) is 4.74. The molecule has 0 aliphatic heterocycles. The molecule has 0 aromatic rings. The molecule has 0 heterocycles. The molecular weight excluding hydrogens is 963 g/mol. The van der Waals surface area contributed by atoms with Crippen LogP contribution >= 0.6 is 0 Å². The van der Waals surface area contributed by atoms with E-state index in [1.54, 1.807) is 6.92 Å². The molecule has 0 aliphatic rings. The third kappa shape index (κ3) is 38.9. The Morgan fingerprint density at radius 3 is 0.797 bits per heavy atom. The topological polar surface area (TPSA) is 177 Å². The second-order valence-electron chi connectivity index (χ2n) is 14.3. The van der Waals surface area contributed by atoms with Gasteiger partial charge in [0.15, 0.2) is 0 Å². The summed E-state index contributed by atoms with van der Waals surface area (Å²) in [6, 6.07) is 0. The number of hydrogen-bond donors (Lipinski definition) is 1. The van der Waals surface area contributed by atoms with E-state index in [0.29, 0.717) is 178 Å². The fourth-order valence-corrected chi connectivity index (χ4v) is 4.74. The van der Waals surface area contributed by atoms with Gasteiger partial charge in [-0.05, 0) is 13.8 Å². The van der Waals surface area contributed by atoms with Crippen LogP contribution in [0.15, 0.2) is 0 Å². The van der Waals surface area contributed by atoms with Crippen molar-refractivity contribution in [1.82, 2.24) is 0 Å². The van der Waals surface area contributed by atoms with Crippen LogP contribution in [0.2, 0.25) is 0 Å². The van der Waals surface area contributed by atoms with Gasteiger partial charge in [0.1, 0.15) is 0 Å². The highest BCUT2D eigenvalue weighted by molar-refractivity contribution is 5.00. The zero-order valence-electron chi connectivity index (χ0n) is 40.0. The van der Waals surface area contributed by atoms with Gasteiger partial charge in [-0.3, -0.25) is 0 Å². The summed E-state index contributed by atoms with van der Waals surface area (Å²) < 4.78 is 208. The number of aliphatic hydroxyl groups excluding tert-OH is 1. The Bertz CT molecular complexity index is 1100. The molecule has 0 spiro atoms. The summed E-state index contributed by atoms with van der Waals surface area (Å²) in [5, 5.41) is 8.59. The lowest BCUT2D eigenvalue weighted by molar-refractivity contribution is -0.397. The van der Waals surface area contributed by atoms with Crippen LogP contribution in [0.25, 0.3) is 0 Å². The third-order valence-electron chi connectivity index (χ3n) is 8.44. The largest absolute Gasteiger partial charge is 0.460 e. The van der Waals surface area contributed by atoms with Crippen molar-refractivity contribution in [3.8, 4) is 0 Å². The first-order chi connectivity index (χ1) is 33.1. The highest BCUT2D eigenvalue weighted by Crippen LogP contribution is 2.54. The molecule has 0 radical (unpaired) electrons. The molecule has 0 saturated carbocycles. The van der Waals surface area contributed by atoms with E-state index in [-0.39, 0.29) is 26.4 Å². The van der Waals surface area contributed by atoms with Crippen LogP contribution in [0, 0.1) is 0 Å². The van der Waals surface area contributed by atoms with E-state index < -0.39 is 55.8 Å². The number of alkyl halides is 9. The summed E-state index contributed by atoms with van der Waals surface area (Å²) in [7, 11) is 0. The first-order valence-electron chi connectivity index (χ1n) is 22.8. The van der Waals surface area contributed by atoms with Crippen molar-refractivity contribution in [3.05, 3.63) is 0 Å². The SMILES string of the molecule is CC(COCCC(F)(F)C(F)(F)C(F)(F)C(F)(F)F)OCC(C)OCCOCCOCCOCCOCCOCCOCCOCCOCCOCCOCCOCCOCCOCCOCCO. The molecule has 18 nitrogen and oxygen atoms in total. The molecule has 1 N–H and O–H groups in total. The molecule has 0 fully saturated rings. The molecular formula is C42H77F9O18. The van der Waals surface area contributed by atoms with E-state index in [1.165, 1.54) is 6.92 Å². The summed E-state index contributed by atoms with van der Waals surface area (Å²) in [5.41, 5.74) is 0. The fraction of sp³-hybridized carbons (Fsp3) is 1.00. The molecule has 0 aromatic heterocycles. The Morgan fingerprint density at radius 1 is 0.290 bits per heavy atom. The summed E-state index contributed by atoms with van der Waals surface area (Å²) in [4.78, 5) is 0. The first kappa shape index (κ1) is 67.6. The van der Waals surface area contributed by atoms with E-state index in [2.05, 4.69) is 0 Å². The second kappa shape index (κ2) is 45.3. The van der Waals surface area contributed by atoms with Crippen molar-refractivity contribution < 1.29 is 125 Å². The molecule has 0 rings (SSSR count). The van der Waals surface area contributed by atoms with Crippen LogP contribution in [0.5, 0.6) is 0 Å². The third-order valence-corrected chi connectivity index (χ3v) is 8.44. The number of hydrogen-bond acceptors (Lipinski definition) is 18. The highest BCUT2D eigenvalue weighted by atomic mass is 19.4. The zero-order valence-corrected chi connectivity index (χ0v) is 40.0. The van der Waals surface area contributed by atoms with Crippen molar-refractivity contribution in [3.63, 3.8) is 0 Å². The molecule has 2 unspecified atom stereocenters. The van der Waals surface area contributed by atoms with Crippen molar-refractivity contribution >= 4 is 0 Å². The number of ether oxygens (including phenoxy) is 17. The van der Waals surface area contributed by atoms with E-state index in [0.717, 1.165) is 0 Å². The molecule has 0 amide bonds. The average molecular weight is 1040 g/mol. The minimum Gasteiger partial charge on any atom is -0.394 e. The van der Waals surface area contributed by atoms with Gasteiger partial charge in [0.05, 0.1) is 230 Å². The second-order valence-corrected chi connectivity index (χ2v) is 14.3. The lowest BCUT2D eigenvalue weighted by Crippen LogP contribution is -2.61. The first-order valence-corrected chi connectivity index (χ1v) is 22.8. The Hall–Kier alpha value is -1.35. The summed E-state index contributed by atoms with van der Waals surface area (Å²) in [6.07, 6.45) is -10.1. The summed E-state index contributed by atoms with van der Waals surface area (Å²) >= 11 is 0. The Labute approximate surface area is 399 Å². The predicted molar refractivity (Wildman–Crippen MR) is 226 cm³/mol. The van der Waals surface area contributed by atoms with Gasteiger partial charge < -0.3 is 85.6 Å². The zero-order chi connectivity index (χ0) is 51.2. The van der Waals surface area contributed by atoms with E-state index in [1.807, 2.05) is 0 Å². The molecule has 416 valence electrons. The van der Waals surface area contributed by atoms with Crippen molar-refractivity contribution in [2.45, 2.75) is 56.4 Å². The summed E-state index contributed by atoms with van der Waals surface area (Å²) in [6.45, 7) is 13.5. The normalized spacial score (nSPS) is 13.7. The molecule has 27 heteroatoms. The van der Waals surface area contributed by atoms with Gasteiger partial charge in [0.25, 0.3) is 0 Å². The van der Waals surface area contributed by atoms with Gasteiger partial charge in [-0.1, -0.05) is 0 Å².